The van der Waals surface area contributed by atoms with Gasteiger partial charge in [0.05, 0.1) is 18.4 Å². The van der Waals surface area contributed by atoms with Crippen LogP contribution >= 0.6 is 0 Å². The van der Waals surface area contributed by atoms with E-state index < -0.39 is 0 Å². The molecule has 158 valence electrons. The van der Waals surface area contributed by atoms with Crippen molar-refractivity contribution in [3.8, 4) is 11.3 Å². The lowest BCUT2D eigenvalue weighted by Gasteiger charge is -2.23. The Labute approximate surface area is 178 Å². The van der Waals surface area contributed by atoms with Gasteiger partial charge in [0.25, 0.3) is 5.91 Å². The van der Waals surface area contributed by atoms with Crippen LogP contribution in [-0.4, -0.2) is 55.7 Å². The van der Waals surface area contributed by atoms with E-state index >= 15 is 0 Å². The van der Waals surface area contributed by atoms with Crippen LogP contribution in [0.15, 0.2) is 53.7 Å². The molecule has 0 atom stereocenters. The third-order valence-corrected chi connectivity index (χ3v) is 5.52. The molecule has 1 amide bonds. The minimum Gasteiger partial charge on any atom is -0.381 e. The number of nitrogens with zero attached hydrogens (tertiary/aromatic N) is 6. The Hall–Kier alpha value is -3.59. The lowest BCUT2D eigenvalue weighted by atomic mass is 10.1. The molecule has 5 heterocycles. The van der Waals surface area contributed by atoms with Crippen LogP contribution < -0.4 is 0 Å². The first-order chi connectivity index (χ1) is 15.2. The van der Waals surface area contributed by atoms with Gasteiger partial charge in [-0.05, 0) is 31.0 Å². The second kappa shape index (κ2) is 8.27. The van der Waals surface area contributed by atoms with E-state index in [2.05, 4.69) is 24.7 Å². The number of fused-ring (bicyclic) bond motifs is 1. The average molecular weight is 418 g/mol. The maximum absolute atomic E-state index is 12.9. The number of ether oxygens (including phenoxy) is 1. The van der Waals surface area contributed by atoms with Crippen molar-refractivity contribution in [2.24, 2.45) is 0 Å². The van der Waals surface area contributed by atoms with Crippen LogP contribution in [0.5, 0.6) is 0 Å². The minimum atomic E-state index is -0.156. The number of carbonyl (C=O) groups excluding carboxylic acids is 1. The number of pyridine rings is 2. The summed E-state index contributed by atoms with van der Waals surface area (Å²) in [5.41, 5.74) is 3.61. The highest BCUT2D eigenvalue weighted by Crippen LogP contribution is 2.25. The predicted octanol–water partition coefficient (Wildman–Crippen LogP) is 3.11. The molecular weight excluding hydrogens is 396 g/mol. The van der Waals surface area contributed by atoms with Crippen molar-refractivity contribution >= 4 is 17.1 Å². The largest absolute Gasteiger partial charge is 0.381 e. The Morgan fingerprint density at radius 1 is 1.19 bits per heavy atom. The highest BCUT2D eigenvalue weighted by atomic mass is 16.5. The lowest BCUT2D eigenvalue weighted by molar-refractivity contribution is 0.0704. The molecule has 0 radical (unpaired) electrons. The third-order valence-electron chi connectivity index (χ3n) is 5.52. The average Bonchev–Trinajstić information content (AvgIpc) is 3.46. The quantitative estimate of drug-likeness (QED) is 0.491. The first-order valence-electron chi connectivity index (χ1n) is 10.2. The van der Waals surface area contributed by atoms with Crippen LogP contribution in [0.3, 0.4) is 0 Å². The van der Waals surface area contributed by atoms with Gasteiger partial charge in [-0.1, -0.05) is 5.16 Å². The van der Waals surface area contributed by atoms with Crippen LogP contribution in [0.25, 0.3) is 22.4 Å². The van der Waals surface area contributed by atoms with Gasteiger partial charge in [0, 0.05) is 56.5 Å². The van der Waals surface area contributed by atoms with Crippen molar-refractivity contribution in [2.75, 3.05) is 20.3 Å². The molecular formula is C22H22N6O3. The zero-order valence-electron chi connectivity index (χ0n) is 17.1. The Bertz CT molecular complexity index is 1200. The molecule has 0 saturated carbocycles. The second-order valence-electron chi connectivity index (χ2n) is 7.64. The Kier molecular flexibility index (Phi) is 5.17. The van der Waals surface area contributed by atoms with Gasteiger partial charge in [-0.15, -0.1) is 0 Å². The molecule has 9 heteroatoms. The van der Waals surface area contributed by atoms with Gasteiger partial charge in [-0.3, -0.25) is 9.78 Å². The molecule has 0 bridgehead atoms. The summed E-state index contributed by atoms with van der Waals surface area (Å²) in [6.07, 6.45) is 8.70. The van der Waals surface area contributed by atoms with Crippen LogP contribution in [0.1, 0.15) is 35.0 Å². The number of hydrogen-bond donors (Lipinski definition) is 0. The first kappa shape index (κ1) is 19.4. The van der Waals surface area contributed by atoms with Crippen molar-refractivity contribution < 1.29 is 14.1 Å². The van der Waals surface area contributed by atoms with Gasteiger partial charge in [-0.25, -0.2) is 9.97 Å². The molecule has 1 saturated heterocycles. The standard InChI is InChI=1S/C22H22N6O3/c1-27(13-18-11-19(26-31-18)15-2-6-23-7-3-15)22(29)16-10-20-21(24-12-16)28(14-25-20)17-4-8-30-9-5-17/h2-3,6-7,10-12,14,17H,4-5,8-9,13H2,1H3. The van der Waals surface area contributed by atoms with Crippen molar-refractivity contribution in [3.63, 3.8) is 0 Å². The molecule has 0 aromatic carbocycles. The second-order valence-corrected chi connectivity index (χ2v) is 7.64. The van der Waals surface area contributed by atoms with Crippen molar-refractivity contribution in [2.45, 2.75) is 25.4 Å². The van der Waals surface area contributed by atoms with Gasteiger partial charge in [-0.2, -0.15) is 0 Å². The van der Waals surface area contributed by atoms with E-state index in [4.69, 9.17) is 9.26 Å². The van der Waals surface area contributed by atoms with Gasteiger partial charge in [0.15, 0.2) is 11.4 Å². The molecule has 0 N–H and O–H groups in total. The normalized spacial score (nSPS) is 14.7. The minimum absolute atomic E-state index is 0.156. The number of imidazole rings is 1. The summed E-state index contributed by atoms with van der Waals surface area (Å²) >= 11 is 0. The fourth-order valence-electron chi connectivity index (χ4n) is 3.84. The van der Waals surface area contributed by atoms with Gasteiger partial charge >= 0.3 is 0 Å². The van der Waals surface area contributed by atoms with Crippen LogP contribution in [-0.2, 0) is 11.3 Å². The SMILES string of the molecule is CN(Cc1cc(-c2ccncc2)no1)C(=O)c1cnc2c(c1)ncn2C1CCOCC1. The maximum Gasteiger partial charge on any atom is 0.255 e. The monoisotopic (exact) mass is 418 g/mol. The molecule has 0 unspecified atom stereocenters. The number of amides is 1. The predicted molar refractivity (Wildman–Crippen MR) is 112 cm³/mol. The molecule has 0 aliphatic carbocycles. The van der Waals surface area contributed by atoms with E-state index in [1.165, 1.54) is 0 Å². The first-order valence-corrected chi connectivity index (χ1v) is 10.2. The summed E-state index contributed by atoms with van der Waals surface area (Å²) in [6.45, 7) is 1.79. The summed E-state index contributed by atoms with van der Waals surface area (Å²) < 4.78 is 12.9. The van der Waals surface area contributed by atoms with Crippen LogP contribution in [0, 0.1) is 0 Å². The van der Waals surface area contributed by atoms with E-state index in [9.17, 15) is 4.79 Å². The summed E-state index contributed by atoms with van der Waals surface area (Å²) in [5.74, 6) is 0.442. The molecule has 31 heavy (non-hydrogen) atoms. The van der Waals surface area contributed by atoms with Crippen molar-refractivity contribution in [1.82, 2.24) is 29.6 Å². The maximum atomic E-state index is 12.9. The smallest absolute Gasteiger partial charge is 0.255 e. The number of rotatable bonds is 5. The summed E-state index contributed by atoms with van der Waals surface area (Å²) in [7, 11) is 1.72. The number of carbonyl (C=O) groups is 1. The van der Waals surface area contributed by atoms with E-state index in [0.717, 1.165) is 37.3 Å². The number of aromatic nitrogens is 5. The van der Waals surface area contributed by atoms with E-state index in [-0.39, 0.29) is 5.91 Å². The van der Waals surface area contributed by atoms with Crippen molar-refractivity contribution in [1.29, 1.82) is 0 Å². The topological polar surface area (TPSA) is 99.2 Å². The molecule has 4 aromatic heterocycles. The highest BCUT2D eigenvalue weighted by molar-refractivity contribution is 5.96. The van der Waals surface area contributed by atoms with Gasteiger partial charge in [0.2, 0.25) is 0 Å². The molecule has 0 spiro atoms. The number of hydrogen-bond acceptors (Lipinski definition) is 7. The van der Waals surface area contributed by atoms with E-state index in [1.807, 2.05) is 18.2 Å². The Balaban J connectivity index is 1.31. The Morgan fingerprint density at radius 3 is 2.81 bits per heavy atom. The molecule has 1 fully saturated rings. The van der Waals surface area contributed by atoms with Crippen molar-refractivity contribution in [3.05, 3.63) is 60.5 Å². The molecule has 1 aliphatic rings. The summed E-state index contributed by atoms with van der Waals surface area (Å²) in [4.78, 5) is 27.5. The Morgan fingerprint density at radius 2 is 2.00 bits per heavy atom. The van der Waals surface area contributed by atoms with Crippen LogP contribution in [0.2, 0.25) is 0 Å². The molecule has 4 aromatic rings. The highest BCUT2D eigenvalue weighted by Gasteiger charge is 2.20. The van der Waals surface area contributed by atoms with Gasteiger partial charge < -0.3 is 18.7 Å². The molecule has 5 rings (SSSR count). The fraction of sp³-hybridized carbons (Fsp3) is 0.318. The molecule has 1 aliphatic heterocycles. The van der Waals surface area contributed by atoms with E-state index in [1.54, 1.807) is 42.9 Å². The zero-order valence-corrected chi connectivity index (χ0v) is 17.1. The van der Waals surface area contributed by atoms with Gasteiger partial charge in [0.1, 0.15) is 11.2 Å². The van der Waals surface area contributed by atoms with E-state index in [0.29, 0.717) is 35.1 Å². The lowest BCUT2D eigenvalue weighted by Crippen LogP contribution is -2.26. The third kappa shape index (κ3) is 3.91. The zero-order chi connectivity index (χ0) is 21.2. The van der Waals surface area contributed by atoms with Crippen LogP contribution in [0.4, 0.5) is 0 Å². The fourth-order valence-corrected chi connectivity index (χ4v) is 3.84. The summed E-state index contributed by atoms with van der Waals surface area (Å²) in [6, 6.07) is 7.67. The summed E-state index contributed by atoms with van der Waals surface area (Å²) in [5, 5.41) is 4.08. The molecule has 9 nitrogen and oxygen atoms in total.